The Hall–Kier alpha value is -1.81. The Bertz CT molecular complexity index is 554. The molecule has 1 heterocycles. The minimum Gasteiger partial charge on any atom is -0.397 e. The molecule has 1 aromatic carbocycles. The van der Waals surface area contributed by atoms with Gasteiger partial charge in [0.15, 0.2) is 0 Å². The van der Waals surface area contributed by atoms with Gasteiger partial charge in [-0.15, -0.1) is 0 Å². The summed E-state index contributed by atoms with van der Waals surface area (Å²) >= 11 is 0. The molecule has 2 aromatic rings. The summed E-state index contributed by atoms with van der Waals surface area (Å²) < 4.78 is 5.55. The predicted molar refractivity (Wildman–Crippen MR) is 84.9 cm³/mol. The van der Waals surface area contributed by atoms with Crippen LogP contribution >= 0.6 is 0 Å². The summed E-state index contributed by atoms with van der Waals surface area (Å²) in [7, 11) is 0. The normalized spacial score (nSPS) is 11.2. The van der Waals surface area contributed by atoms with E-state index in [1.807, 2.05) is 24.3 Å². The third-order valence-corrected chi connectivity index (χ3v) is 3.06. The summed E-state index contributed by atoms with van der Waals surface area (Å²) in [6, 6.07) is 7.87. The number of ether oxygens (including phenoxy) is 1. The molecule has 0 radical (unpaired) electrons. The van der Waals surface area contributed by atoms with Gasteiger partial charge in [-0.25, -0.2) is 0 Å². The van der Waals surface area contributed by atoms with Gasteiger partial charge in [-0.05, 0) is 36.6 Å². The third-order valence-electron chi connectivity index (χ3n) is 3.06. The van der Waals surface area contributed by atoms with Gasteiger partial charge in [0.1, 0.15) is 0 Å². The lowest BCUT2D eigenvalue weighted by molar-refractivity contribution is 0.110. The van der Waals surface area contributed by atoms with Crippen molar-refractivity contribution in [2.75, 3.05) is 30.8 Å². The molecule has 0 aliphatic carbocycles. The SMILES string of the molecule is CC(C)COCCCNc1ccc2ncccc2c1N. The zero-order valence-electron chi connectivity index (χ0n) is 12.2. The molecule has 3 N–H and O–H groups in total. The van der Waals surface area contributed by atoms with Crippen molar-refractivity contribution in [1.82, 2.24) is 4.98 Å². The number of nitrogens with zero attached hydrogens (tertiary/aromatic N) is 1. The number of rotatable bonds is 7. The number of nitrogens with one attached hydrogen (secondary N) is 1. The molecule has 0 fully saturated rings. The smallest absolute Gasteiger partial charge is 0.0724 e. The fourth-order valence-corrected chi connectivity index (χ4v) is 2.05. The molecule has 20 heavy (non-hydrogen) atoms. The number of benzene rings is 1. The molecular formula is C16H23N3O. The van der Waals surface area contributed by atoms with E-state index in [9.17, 15) is 0 Å². The number of aromatic nitrogens is 1. The summed E-state index contributed by atoms with van der Waals surface area (Å²) in [6.45, 7) is 6.77. The van der Waals surface area contributed by atoms with Gasteiger partial charge in [0.25, 0.3) is 0 Å². The van der Waals surface area contributed by atoms with E-state index in [4.69, 9.17) is 10.5 Å². The zero-order chi connectivity index (χ0) is 14.4. The molecule has 108 valence electrons. The second kappa shape index (κ2) is 7.10. The van der Waals surface area contributed by atoms with Crippen molar-refractivity contribution in [3.63, 3.8) is 0 Å². The standard InChI is InChI=1S/C16H23N3O/c1-12(2)11-20-10-4-9-19-15-7-6-14-13(16(15)17)5-3-8-18-14/h3,5-8,12,19H,4,9-11,17H2,1-2H3. The molecule has 0 spiro atoms. The van der Waals surface area contributed by atoms with Crippen molar-refractivity contribution in [2.24, 2.45) is 5.92 Å². The molecule has 2 rings (SSSR count). The van der Waals surface area contributed by atoms with Crippen molar-refractivity contribution in [3.05, 3.63) is 30.5 Å². The fraction of sp³-hybridized carbons (Fsp3) is 0.438. The van der Waals surface area contributed by atoms with Crippen LogP contribution in [0.5, 0.6) is 0 Å². The van der Waals surface area contributed by atoms with Crippen LogP contribution in [-0.2, 0) is 4.74 Å². The highest BCUT2D eigenvalue weighted by atomic mass is 16.5. The molecule has 0 aliphatic rings. The van der Waals surface area contributed by atoms with Gasteiger partial charge >= 0.3 is 0 Å². The van der Waals surface area contributed by atoms with Gasteiger partial charge in [0, 0.05) is 31.3 Å². The molecule has 1 aromatic heterocycles. The molecule has 0 unspecified atom stereocenters. The molecule has 4 heteroatoms. The van der Waals surface area contributed by atoms with Crippen LogP contribution in [-0.4, -0.2) is 24.7 Å². The number of hydrogen-bond acceptors (Lipinski definition) is 4. The van der Waals surface area contributed by atoms with Crippen LogP contribution in [0.1, 0.15) is 20.3 Å². The second-order valence-corrected chi connectivity index (χ2v) is 5.35. The van der Waals surface area contributed by atoms with Gasteiger partial charge < -0.3 is 15.8 Å². The maximum absolute atomic E-state index is 6.17. The highest BCUT2D eigenvalue weighted by Crippen LogP contribution is 2.27. The highest BCUT2D eigenvalue weighted by molar-refractivity contribution is 5.96. The Kier molecular flexibility index (Phi) is 5.18. The minimum absolute atomic E-state index is 0.589. The van der Waals surface area contributed by atoms with E-state index in [0.717, 1.165) is 48.5 Å². The molecule has 0 saturated carbocycles. The van der Waals surface area contributed by atoms with Gasteiger partial charge in [-0.2, -0.15) is 0 Å². The van der Waals surface area contributed by atoms with Crippen molar-refractivity contribution >= 4 is 22.3 Å². The van der Waals surface area contributed by atoms with Crippen LogP contribution in [0.2, 0.25) is 0 Å². The number of nitrogen functional groups attached to an aromatic ring is 1. The van der Waals surface area contributed by atoms with E-state index >= 15 is 0 Å². The van der Waals surface area contributed by atoms with E-state index in [1.54, 1.807) is 6.20 Å². The van der Waals surface area contributed by atoms with Gasteiger partial charge in [-0.3, -0.25) is 4.98 Å². The number of hydrogen-bond donors (Lipinski definition) is 2. The largest absolute Gasteiger partial charge is 0.397 e. The number of pyridine rings is 1. The lowest BCUT2D eigenvalue weighted by atomic mass is 10.1. The first-order chi connectivity index (χ1) is 9.68. The Morgan fingerprint density at radius 2 is 2.15 bits per heavy atom. The number of fused-ring (bicyclic) bond motifs is 1. The molecule has 0 atom stereocenters. The molecule has 0 aliphatic heterocycles. The summed E-state index contributed by atoms with van der Waals surface area (Å²) in [5, 5.41) is 4.35. The first kappa shape index (κ1) is 14.6. The maximum Gasteiger partial charge on any atom is 0.0724 e. The van der Waals surface area contributed by atoms with Crippen LogP contribution in [0.4, 0.5) is 11.4 Å². The van der Waals surface area contributed by atoms with Gasteiger partial charge in [0.05, 0.1) is 16.9 Å². The first-order valence-electron chi connectivity index (χ1n) is 7.13. The maximum atomic E-state index is 6.17. The van der Waals surface area contributed by atoms with E-state index in [0.29, 0.717) is 5.92 Å². The Morgan fingerprint density at radius 1 is 1.30 bits per heavy atom. The Balaban J connectivity index is 1.86. The molecule has 4 nitrogen and oxygen atoms in total. The van der Waals surface area contributed by atoms with Gasteiger partial charge in [-0.1, -0.05) is 13.8 Å². The fourth-order valence-electron chi connectivity index (χ4n) is 2.05. The van der Waals surface area contributed by atoms with Crippen molar-refractivity contribution in [2.45, 2.75) is 20.3 Å². The Morgan fingerprint density at radius 3 is 2.95 bits per heavy atom. The lowest BCUT2D eigenvalue weighted by Crippen LogP contribution is -2.09. The molecule has 0 saturated heterocycles. The average Bonchev–Trinajstić information content (AvgIpc) is 2.45. The topological polar surface area (TPSA) is 60.2 Å². The average molecular weight is 273 g/mol. The Labute approximate surface area is 120 Å². The number of nitrogens with two attached hydrogens (primary N) is 1. The van der Waals surface area contributed by atoms with Crippen LogP contribution in [0.15, 0.2) is 30.5 Å². The number of anilines is 2. The summed E-state index contributed by atoms with van der Waals surface area (Å²) in [6.07, 6.45) is 2.75. The van der Waals surface area contributed by atoms with Crippen LogP contribution in [0.3, 0.4) is 0 Å². The quantitative estimate of drug-likeness (QED) is 0.600. The van der Waals surface area contributed by atoms with E-state index in [-0.39, 0.29) is 0 Å². The second-order valence-electron chi connectivity index (χ2n) is 5.35. The summed E-state index contributed by atoms with van der Waals surface area (Å²) in [4.78, 5) is 4.29. The van der Waals surface area contributed by atoms with Crippen LogP contribution < -0.4 is 11.1 Å². The van der Waals surface area contributed by atoms with Crippen molar-refractivity contribution < 1.29 is 4.74 Å². The highest BCUT2D eigenvalue weighted by Gasteiger charge is 2.04. The van der Waals surface area contributed by atoms with E-state index in [1.165, 1.54) is 0 Å². The van der Waals surface area contributed by atoms with Gasteiger partial charge in [0.2, 0.25) is 0 Å². The van der Waals surface area contributed by atoms with Crippen LogP contribution in [0, 0.1) is 5.92 Å². The minimum atomic E-state index is 0.589. The lowest BCUT2D eigenvalue weighted by Gasteiger charge is -2.12. The summed E-state index contributed by atoms with van der Waals surface area (Å²) in [5.74, 6) is 0.589. The zero-order valence-corrected chi connectivity index (χ0v) is 12.2. The molecule has 0 bridgehead atoms. The monoisotopic (exact) mass is 273 g/mol. The predicted octanol–water partition coefficient (Wildman–Crippen LogP) is 3.29. The third kappa shape index (κ3) is 3.84. The molecule has 0 amide bonds. The van der Waals surface area contributed by atoms with E-state index in [2.05, 4.69) is 24.1 Å². The first-order valence-corrected chi connectivity index (χ1v) is 7.13. The van der Waals surface area contributed by atoms with Crippen LogP contribution in [0.25, 0.3) is 10.9 Å². The molecular weight excluding hydrogens is 250 g/mol. The van der Waals surface area contributed by atoms with Crippen molar-refractivity contribution in [1.29, 1.82) is 0 Å². The van der Waals surface area contributed by atoms with Crippen molar-refractivity contribution in [3.8, 4) is 0 Å². The summed E-state index contributed by atoms with van der Waals surface area (Å²) in [5.41, 5.74) is 8.82. The van der Waals surface area contributed by atoms with E-state index < -0.39 is 0 Å².